The van der Waals surface area contributed by atoms with Crippen molar-refractivity contribution in [1.82, 2.24) is 34.2 Å². The van der Waals surface area contributed by atoms with Crippen molar-refractivity contribution in [3.63, 3.8) is 0 Å². The lowest BCUT2D eigenvalue weighted by Crippen LogP contribution is -2.23. The van der Waals surface area contributed by atoms with Gasteiger partial charge in [-0.3, -0.25) is 18.9 Å². The highest BCUT2D eigenvalue weighted by Gasteiger charge is 2.23. The number of fused-ring (bicyclic) bond motifs is 1. The van der Waals surface area contributed by atoms with Gasteiger partial charge in [0.1, 0.15) is 6.10 Å². The second kappa shape index (κ2) is 7.96. The molecule has 0 spiro atoms. The molecule has 0 radical (unpaired) electrons. The predicted octanol–water partition coefficient (Wildman–Crippen LogP) is 2.10. The molecule has 0 aliphatic carbocycles. The van der Waals surface area contributed by atoms with Crippen LogP contribution in [0.15, 0.2) is 31.0 Å². The number of hydrogen-bond acceptors (Lipinski definition) is 5. The highest BCUT2D eigenvalue weighted by Crippen LogP contribution is 2.24. The lowest BCUT2D eigenvalue weighted by molar-refractivity contribution is 0.203. The Morgan fingerprint density at radius 2 is 2.10 bits per heavy atom. The number of aromatic nitrogens is 6. The fraction of sp³-hybridized carbons (Fsp3) is 0.476. The van der Waals surface area contributed by atoms with Crippen molar-refractivity contribution in [3.8, 4) is 0 Å². The van der Waals surface area contributed by atoms with E-state index in [1.54, 1.807) is 10.9 Å². The van der Waals surface area contributed by atoms with Crippen LogP contribution in [0.1, 0.15) is 46.6 Å². The van der Waals surface area contributed by atoms with Crippen LogP contribution in [0.5, 0.6) is 0 Å². The number of aliphatic hydroxyl groups is 1. The summed E-state index contributed by atoms with van der Waals surface area (Å²) in [6.07, 6.45) is 3.83. The Bertz CT molecular complexity index is 1010. The Morgan fingerprint density at radius 1 is 1.28 bits per heavy atom. The van der Waals surface area contributed by atoms with Gasteiger partial charge in [0.15, 0.2) is 0 Å². The molecule has 1 unspecified atom stereocenters. The Labute approximate surface area is 171 Å². The standard InChI is InChI=1S/C21H29N7O/c1-5-9-27-16(3)18(15(2)23-27)14-26-10-6-11-28-17(13-26)12-19(24-28)21(29)20-7-8-22-25(20)4/h5,7-8,12,21,29H,1,6,9-11,13-14H2,2-4H3. The number of aliphatic hydroxyl groups excluding tert-OH is 1. The molecule has 3 aromatic rings. The van der Waals surface area contributed by atoms with Gasteiger partial charge in [0.05, 0.1) is 29.3 Å². The molecule has 8 nitrogen and oxygen atoms in total. The summed E-state index contributed by atoms with van der Waals surface area (Å²) in [6.45, 7) is 12.3. The molecule has 0 bridgehead atoms. The van der Waals surface area contributed by atoms with E-state index in [-0.39, 0.29) is 0 Å². The van der Waals surface area contributed by atoms with Crippen molar-refractivity contribution in [1.29, 1.82) is 0 Å². The number of nitrogens with zero attached hydrogens (tertiary/aromatic N) is 7. The summed E-state index contributed by atoms with van der Waals surface area (Å²) in [4.78, 5) is 2.44. The average molecular weight is 396 g/mol. The van der Waals surface area contributed by atoms with Crippen molar-refractivity contribution in [3.05, 3.63) is 65.0 Å². The SMILES string of the molecule is C=CCn1nc(C)c(CN2CCCn3nc(C(O)c4ccnn4C)cc3C2)c1C. The van der Waals surface area contributed by atoms with E-state index >= 15 is 0 Å². The van der Waals surface area contributed by atoms with Gasteiger partial charge in [-0.25, -0.2) is 0 Å². The van der Waals surface area contributed by atoms with Crippen molar-refractivity contribution in [2.75, 3.05) is 6.54 Å². The largest absolute Gasteiger partial charge is 0.380 e. The second-order valence-corrected chi connectivity index (χ2v) is 7.75. The number of hydrogen-bond donors (Lipinski definition) is 1. The van der Waals surface area contributed by atoms with E-state index < -0.39 is 6.10 Å². The first-order valence-electron chi connectivity index (χ1n) is 10.1. The first-order chi connectivity index (χ1) is 14.0. The maximum Gasteiger partial charge on any atom is 0.139 e. The second-order valence-electron chi connectivity index (χ2n) is 7.75. The Hall–Kier alpha value is -2.71. The van der Waals surface area contributed by atoms with Crippen LogP contribution >= 0.6 is 0 Å². The highest BCUT2D eigenvalue weighted by molar-refractivity contribution is 5.25. The van der Waals surface area contributed by atoms with Gasteiger partial charge in [0.25, 0.3) is 0 Å². The summed E-state index contributed by atoms with van der Waals surface area (Å²) in [5.74, 6) is 0. The van der Waals surface area contributed by atoms with Gasteiger partial charge in [-0.15, -0.1) is 6.58 Å². The summed E-state index contributed by atoms with van der Waals surface area (Å²) in [7, 11) is 1.83. The molecule has 4 rings (SSSR count). The minimum absolute atomic E-state index is 0.677. The number of aryl methyl sites for hydroxylation is 3. The summed E-state index contributed by atoms with van der Waals surface area (Å²) >= 11 is 0. The quantitative estimate of drug-likeness (QED) is 0.647. The van der Waals surface area contributed by atoms with Crippen LogP contribution in [0.4, 0.5) is 0 Å². The monoisotopic (exact) mass is 395 g/mol. The molecular formula is C21H29N7O. The smallest absolute Gasteiger partial charge is 0.139 e. The zero-order valence-corrected chi connectivity index (χ0v) is 17.4. The lowest BCUT2D eigenvalue weighted by atomic mass is 10.1. The molecule has 0 saturated carbocycles. The topological polar surface area (TPSA) is 76.9 Å². The van der Waals surface area contributed by atoms with E-state index in [1.165, 1.54) is 11.3 Å². The van der Waals surface area contributed by atoms with E-state index in [0.717, 1.165) is 56.2 Å². The van der Waals surface area contributed by atoms with Crippen LogP contribution in [0.2, 0.25) is 0 Å². The fourth-order valence-electron chi connectivity index (χ4n) is 4.11. The third-order valence-electron chi connectivity index (χ3n) is 5.75. The molecule has 8 heteroatoms. The van der Waals surface area contributed by atoms with Crippen LogP contribution < -0.4 is 0 Å². The minimum Gasteiger partial charge on any atom is -0.380 e. The molecule has 29 heavy (non-hydrogen) atoms. The molecule has 1 aliphatic heterocycles. The van der Waals surface area contributed by atoms with E-state index in [1.807, 2.05) is 34.6 Å². The molecule has 0 aromatic carbocycles. The lowest BCUT2D eigenvalue weighted by Gasteiger charge is -2.19. The zero-order chi connectivity index (χ0) is 20.5. The summed E-state index contributed by atoms with van der Waals surface area (Å²) in [5.41, 5.74) is 6.12. The van der Waals surface area contributed by atoms with Crippen LogP contribution in [-0.4, -0.2) is 45.9 Å². The van der Waals surface area contributed by atoms with Crippen molar-refractivity contribution >= 4 is 0 Å². The number of rotatable bonds is 6. The fourth-order valence-corrected chi connectivity index (χ4v) is 4.11. The molecule has 0 amide bonds. The molecule has 4 heterocycles. The molecule has 3 aromatic heterocycles. The van der Waals surface area contributed by atoms with Gasteiger partial charge in [0.2, 0.25) is 0 Å². The predicted molar refractivity (Wildman–Crippen MR) is 110 cm³/mol. The third-order valence-corrected chi connectivity index (χ3v) is 5.75. The van der Waals surface area contributed by atoms with Gasteiger partial charge >= 0.3 is 0 Å². The summed E-state index contributed by atoms with van der Waals surface area (Å²) in [5, 5.41) is 24.2. The molecular weight excluding hydrogens is 366 g/mol. The van der Waals surface area contributed by atoms with E-state index in [4.69, 9.17) is 0 Å². The third kappa shape index (κ3) is 3.77. The Balaban J connectivity index is 1.54. The van der Waals surface area contributed by atoms with E-state index in [0.29, 0.717) is 5.69 Å². The van der Waals surface area contributed by atoms with E-state index in [9.17, 15) is 5.11 Å². The van der Waals surface area contributed by atoms with E-state index in [2.05, 4.69) is 40.6 Å². The Kier molecular flexibility index (Phi) is 5.38. The van der Waals surface area contributed by atoms with Crippen LogP contribution in [-0.2, 0) is 33.2 Å². The first-order valence-corrected chi connectivity index (χ1v) is 10.1. The maximum atomic E-state index is 10.7. The zero-order valence-electron chi connectivity index (χ0n) is 17.4. The van der Waals surface area contributed by atoms with Gasteiger partial charge in [-0.1, -0.05) is 6.08 Å². The average Bonchev–Trinajstić information content (AvgIpc) is 3.33. The van der Waals surface area contributed by atoms with Gasteiger partial charge in [-0.05, 0) is 32.4 Å². The first kappa shape index (κ1) is 19.6. The summed E-state index contributed by atoms with van der Waals surface area (Å²) < 4.78 is 5.74. The Morgan fingerprint density at radius 3 is 2.83 bits per heavy atom. The molecule has 1 atom stereocenters. The molecule has 1 aliphatic rings. The van der Waals surface area contributed by atoms with Crippen LogP contribution in [0.3, 0.4) is 0 Å². The van der Waals surface area contributed by atoms with Crippen molar-refractivity contribution in [2.24, 2.45) is 7.05 Å². The van der Waals surface area contributed by atoms with Gasteiger partial charge in [-0.2, -0.15) is 15.3 Å². The summed E-state index contributed by atoms with van der Waals surface area (Å²) in [6, 6.07) is 3.85. The molecule has 0 fully saturated rings. The molecule has 0 saturated heterocycles. The molecule has 154 valence electrons. The normalized spacial score (nSPS) is 15.9. The maximum absolute atomic E-state index is 10.7. The number of allylic oxidation sites excluding steroid dienone is 1. The minimum atomic E-state index is -0.767. The van der Waals surface area contributed by atoms with Crippen molar-refractivity contribution < 1.29 is 5.11 Å². The van der Waals surface area contributed by atoms with Gasteiger partial charge in [0, 0.05) is 50.7 Å². The molecule has 1 N–H and O–H groups in total. The van der Waals surface area contributed by atoms with Crippen LogP contribution in [0.25, 0.3) is 0 Å². The van der Waals surface area contributed by atoms with Crippen LogP contribution in [0, 0.1) is 13.8 Å². The van der Waals surface area contributed by atoms with Gasteiger partial charge < -0.3 is 5.11 Å². The van der Waals surface area contributed by atoms with Crippen molar-refractivity contribution in [2.45, 2.75) is 52.6 Å². The highest BCUT2D eigenvalue weighted by atomic mass is 16.3.